The van der Waals surface area contributed by atoms with E-state index in [4.69, 9.17) is 13.9 Å². The first-order valence-corrected chi connectivity index (χ1v) is 7.61. The van der Waals surface area contributed by atoms with E-state index in [1.54, 1.807) is 24.3 Å². The van der Waals surface area contributed by atoms with E-state index in [0.717, 1.165) is 11.1 Å². The fourth-order valence-corrected chi connectivity index (χ4v) is 2.79. The lowest BCUT2D eigenvalue weighted by Crippen LogP contribution is -2.16. The third-order valence-corrected chi connectivity index (χ3v) is 4.00. The number of ether oxygens (including phenoxy) is 2. The Morgan fingerprint density at radius 1 is 1.12 bits per heavy atom. The minimum Gasteiger partial charge on any atom is -0.486 e. The highest BCUT2D eigenvalue weighted by Gasteiger charge is 2.17. The van der Waals surface area contributed by atoms with Crippen LogP contribution in [0, 0.1) is 6.92 Å². The summed E-state index contributed by atoms with van der Waals surface area (Å²) in [4.78, 5) is 16.8. The summed E-state index contributed by atoms with van der Waals surface area (Å²) in [6, 6.07) is 8.70. The van der Waals surface area contributed by atoms with Crippen LogP contribution in [0.1, 0.15) is 11.1 Å². The van der Waals surface area contributed by atoms with Crippen molar-refractivity contribution in [2.75, 3.05) is 13.2 Å². The first-order valence-electron chi connectivity index (χ1n) is 7.61. The highest BCUT2D eigenvalue weighted by molar-refractivity contribution is 5.83. The van der Waals surface area contributed by atoms with Gasteiger partial charge in [-0.25, -0.2) is 9.78 Å². The molecule has 0 bridgehead atoms. The second-order valence-corrected chi connectivity index (χ2v) is 5.63. The predicted molar refractivity (Wildman–Crippen MR) is 87.4 cm³/mol. The number of aromatic nitrogens is 1. The number of aliphatic hydroxyl groups is 1. The molecule has 1 aliphatic rings. The molecule has 122 valence electrons. The fourth-order valence-electron chi connectivity index (χ4n) is 2.79. The Balaban J connectivity index is 1.90. The maximum atomic E-state index is 12.4. The van der Waals surface area contributed by atoms with Crippen LogP contribution in [-0.2, 0) is 6.61 Å². The highest BCUT2D eigenvalue weighted by atomic mass is 16.6. The Hall–Kier alpha value is -2.86. The Morgan fingerprint density at radius 2 is 1.88 bits per heavy atom. The van der Waals surface area contributed by atoms with E-state index in [1.807, 2.05) is 13.0 Å². The lowest BCUT2D eigenvalue weighted by atomic mass is 10.1. The molecule has 2 heterocycles. The molecule has 0 fully saturated rings. The average Bonchev–Trinajstić information content (AvgIpc) is 2.60. The summed E-state index contributed by atoms with van der Waals surface area (Å²) in [6.07, 6.45) is 0. The van der Waals surface area contributed by atoms with Crippen molar-refractivity contribution in [3.63, 3.8) is 0 Å². The summed E-state index contributed by atoms with van der Waals surface area (Å²) < 4.78 is 16.4. The van der Waals surface area contributed by atoms with Gasteiger partial charge in [0, 0.05) is 17.7 Å². The molecule has 0 radical (unpaired) electrons. The van der Waals surface area contributed by atoms with Crippen LogP contribution in [0.4, 0.5) is 0 Å². The molecule has 0 atom stereocenters. The SMILES string of the molecule is Cc1cc(CO)ccc1-c1nc2cc3c(cc2c(=O)o1)OCCO3. The number of aliphatic hydroxyl groups excluding tert-OH is 1. The van der Waals surface area contributed by atoms with Crippen LogP contribution in [0.15, 0.2) is 39.5 Å². The molecule has 6 heteroatoms. The van der Waals surface area contributed by atoms with Gasteiger partial charge < -0.3 is 19.0 Å². The van der Waals surface area contributed by atoms with Crippen LogP contribution in [0.5, 0.6) is 11.5 Å². The molecule has 1 N–H and O–H groups in total. The molecule has 1 aromatic heterocycles. The fraction of sp³-hybridized carbons (Fsp3) is 0.222. The van der Waals surface area contributed by atoms with Crippen molar-refractivity contribution in [2.24, 2.45) is 0 Å². The molecule has 0 unspecified atom stereocenters. The van der Waals surface area contributed by atoms with E-state index in [0.29, 0.717) is 41.2 Å². The van der Waals surface area contributed by atoms with Gasteiger partial charge in [-0.3, -0.25) is 0 Å². The van der Waals surface area contributed by atoms with Gasteiger partial charge in [-0.05, 0) is 24.1 Å². The van der Waals surface area contributed by atoms with Crippen molar-refractivity contribution in [2.45, 2.75) is 13.5 Å². The van der Waals surface area contributed by atoms with Crippen LogP contribution in [-0.4, -0.2) is 23.3 Å². The van der Waals surface area contributed by atoms with Gasteiger partial charge in [-0.15, -0.1) is 0 Å². The van der Waals surface area contributed by atoms with Crippen molar-refractivity contribution in [1.82, 2.24) is 4.98 Å². The molecule has 4 rings (SSSR count). The monoisotopic (exact) mass is 325 g/mol. The molecule has 0 aliphatic carbocycles. The summed E-state index contributed by atoms with van der Waals surface area (Å²) in [5.74, 6) is 1.34. The minimum absolute atomic E-state index is 0.0420. The topological polar surface area (TPSA) is 81.8 Å². The zero-order chi connectivity index (χ0) is 16.7. The largest absolute Gasteiger partial charge is 0.486 e. The number of hydrogen-bond acceptors (Lipinski definition) is 6. The Morgan fingerprint density at radius 3 is 2.58 bits per heavy atom. The molecule has 3 aromatic rings. The zero-order valence-corrected chi connectivity index (χ0v) is 13.0. The van der Waals surface area contributed by atoms with E-state index >= 15 is 0 Å². The van der Waals surface area contributed by atoms with Crippen molar-refractivity contribution < 1.29 is 19.0 Å². The standard InChI is InChI=1S/C18H15NO5/c1-10-6-11(9-20)2-3-12(10)17-19-14-8-16-15(22-4-5-23-16)7-13(14)18(21)24-17/h2-3,6-8,20H,4-5,9H2,1H3. The van der Waals surface area contributed by atoms with E-state index in [9.17, 15) is 9.90 Å². The number of nitrogens with zero attached hydrogens (tertiary/aromatic N) is 1. The molecule has 0 amide bonds. The normalized spacial score (nSPS) is 13.2. The molecular weight excluding hydrogens is 310 g/mol. The molecule has 0 spiro atoms. The lowest BCUT2D eigenvalue weighted by molar-refractivity contribution is 0.172. The van der Waals surface area contributed by atoms with Gasteiger partial charge >= 0.3 is 5.63 Å². The second kappa shape index (κ2) is 5.65. The molecular formula is C18H15NO5. The summed E-state index contributed by atoms with van der Waals surface area (Å²) >= 11 is 0. The van der Waals surface area contributed by atoms with Crippen molar-refractivity contribution in [3.8, 4) is 23.0 Å². The Bertz CT molecular complexity index is 993. The molecule has 2 aromatic carbocycles. The van der Waals surface area contributed by atoms with Crippen LogP contribution in [0.2, 0.25) is 0 Å². The number of benzene rings is 2. The smallest absolute Gasteiger partial charge is 0.347 e. The van der Waals surface area contributed by atoms with Crippen LogP contribution >= 0.6 is 0 Å². The number of rotatable bonds is 2. The van der Waals surface area contributed by atoms with E-state index in [1.165, 1.54) is 0 Å². The molecule has 0 saturated carbocycles. The van der Waals surface area contributed by atoms with Gasteiger partial charge in [0.2, 0.25) is 5.89 Å². The minimum atomic E-state index is -0.474. The second-order valence-electron chi connectivity index (χ2n) is 5.63. The maximum Gasteiger partial charge on any atom is 0.347 e. The van der Waals surface area contributed by atoms with Crippen molar-refractivity contribution in [1.29, 1.82) is 0 Å². The quantitative estimate of drug-likeness (QED) is 0.779. The number of fused-ring (bicyclic) bond motifs is 2. The van der Waals surface area contributed by atoms with Crippen LogP contribution in [0.25, 0.3) is 22.4 Å². The summed E-state index contributed by atoms with van der Waals surface area (Å²) in [7, 11) is 0. The Labute approximate surface area is 137 Å². The zero-order valence-electron chi connectivity index (χ0n) is 13.0. The van der Waals surface area contributed by atoms with E-state index in [-0.39, 0.29) is 12.5 Å². The molecule has 1 aliphatic heterocycles. The van der Waals surface area contributed by atoms with Gasteiger partial charge in [-0.1, -0.05) is 12.1 Å². The van der Waals surface area contributed by atoms with Crippen LogP contribution < -0.4 is 15.1 Å². The van der Waals surface area contributed by atoms with E-state index in [2.05, 4.69) is 4.98 Å². The summed E-state index contributed by atoms with van der Waals surface area (Å²) in [5, 5.41) is 9.56. The van der Waals surface area contributed by atoms with Gasteiger partial charge in [0.1, 0.15) is 13.2 Å². The van der Waals surface area contributed by atoms with Gasteiger partial charge in [0.25, 0.3) is 0 Å². The molecule has 6 nitrogen and oxygen atoms in total. The Kier molecular flexibility index (Phi) is 3.46. The first-order chi connectivity index (χ1) is 11.7. The van der Waals surface area contributed by atoms with Crippen molar-refractivity contribution >= 4 is 10.9 Å². The maximum absolute atomic E-state index is 12.4. The van der Waals surface area contributed by atoms with Crippen molar-refractivity contribution in [3.05, 3.63) is 51.9 Å². The third kappa shape index (κ3) is 2.41. The molecule has 24 heavy (non-hydrogen) atoms. The number of aryl methyl sites for hydroxylation is 1. The highest BCUT2D eigenvalue weighted by Crippen LogP contribution is 2.33. The van der Waals surface area contributed by atoms with Gasteiger partial charge in [0.05, 0.1) is 17.5 Å². The average molecular weight is 325 g/mol. The van der Waals surface area contributed by atoms with E-state index < -0.39 is 5.63 Å². The molecule has 0 saturated heterocycles. The lowest BCUT2D eigenvalue weighted by Gasteiger charge is -2.18. The summed E-state index contributed by atoms with van der Waals surface area (Å²) in [5.41, 5.74) is 2.39. The van der Waals surface area contributed by atoms with Gasteiger partial charge in [0.15, 0.2) is 11.5 Å². The third-order valence-electron chi connectivity index (χ3n) is 4.00. The first kappa shape index (κ1) is 14.7. The predicted octanol–water partition coefficient (Wildman–Crippen LogP) is 2.43. The van der Waals surface area contributed by atoms with Gasteiger partial charge in [-0.2, -0.15) is 0 Å². The summed E-state index contributed by atoms with van der Waals surface area (Å²) in [6.45, 7) is 2.75. The number of hydrogen-bond donors (Lipinski definition) is 1. The van der Waals surface area contributed by atoms with Crippen LogP contribution in [0.3, 0.4) is 0 Å².